The van der Waals surface area contributed by atoms with Crippen LogP contribution in [0.5, 0.6) is 0 Å². The van der Waals surface area contributed by atoms with E-state index in [0.717, 1.165) is 19.5 Å². The average Bonchev–Trinajstić information content (AvgIpc) is 1.86. The molecule has 0 fully saturated rings. The minimum absolute atomic E-state index is 0.654. The van der Waals surface area contributed by atoms with Crippen LogP contribution in [0.3, 0.4) is 0 Å². The van der Waals surface area contributed by atoms with E-state index in [9.17, 15) is 0 Å². The number of nitrogens with one attached hydrogen (secondary N) is 1. The highest BCUT2D eigenvalue weighted by Gasteiger charge is 2.05. The average molecular weight is 156 g/mol. The highest BCUT2D eigenvalue weighted by atomic mass is 15.2. The standard InChI is InChI=1S/C9H20N2/c1-5-6-11(9(4)10)7-8(2)3/h8,10H,5-7H2,1-4H3. The molecule has 0 spiro atoms. The Hall–Kier alpha value is -0.530. The fourth-order valence-corrected chi connectivity index (χ4v) is 1.11. The molecule has 0 aromatic heterocycles. The van der Waals surface area contributed by atoms with Crippen LogP contribution in [0.1, 0.15) is 34.1 Å². The van der Waals surface area contributed by atoms with Crippen LogP contribution in [-0.2, 0) is 0 Å². The van der Waals surface area contributed by atoms with Crippen molar-refractivity contribution in [2.75, 3.05) is 13.1 Å². The quantitative estimate of drug-likeness (QED) is 0.491. The molecule has 0 rings (SSSR count). The molecule has 1 N–H and O–H groups in total. The molecule has 0 aliphatic carbocycles. The fraction of sp³-hybridized carbons (Fsp3) is 0.889. The number of hydrogen-bond acceptors (Lipinski definition) is 1. The predicted molar refractivity (Wildman–Crippen MR) is 50.1 cm³/mol. The minimum Gasteiger partial charge on any atom is -0.361 e. The zero-order valence-corrected chi connectivity index (χ0v) is 8.15. The first-order valence-corrected chi connectivity index (χ1v) is 4.38. The molecule has 0 saturated carbocycles. The first-order chi connectivity index (χ1) is 5.07. The van der Waals surface area contributed by atoms with Crippen LogP contribution in [0.2, 0.25) is 0 Å². The van der Waals surface area contributed by atoms with Crippen molar-refractivity contribution in [1.29, 1.82) is 5.41 Å². The van der Waals surface area contributed by atoms with Gasteiger partial charge in [-0.05, 0) is 19.3 Å². The lowest BCUT2D eigenvalue weighted by Gasteiger charge is -2.24. The molecule has 0 saturated heterocycles. The summed E-state index contributed by atoms with van der Waals surface area (Å²) >= 11 is 0. The maximum Gasteiger partial charge on any atom is 0.0925 e. The van der Waals surface area contributed by atoms with Crippen molar-refractivity contribution < 1.29 is 0 Å². The van der Waals surface area contributed by atoms with Crippen LogP contribution in [-0.4, -0.2) is 23.8 Å². The Labute approximate surface area is 70.1 Å². The summed E-state index contributed by atoms with van der Waals surface area (Å²) in [6.45, 7) is 10.4. The fourth-order valence-electron chi connectivity index (χ4n) is 1.11. The summed E-state index contributed by atoms with van der Waals surface area (Å²) in [5, 5.41) is 7.47. The van der Waals surface area contributed by atoms with Gasteiger partial charge in [-0.15, -0.1) is 0 Å². The van der Waals surface area contributed by atoms with Crippen molar-refractivity contribution in [3.63, 3.8) is 0 Å². The third-order valence-electron chi connectivity index (χ3n) is 1.55. The minimum atomic E-state index is 0.654. The van der Waals surface area contributed by atoms with Gasteiger partial charge >= 0.3 is 0 Å². The Morgan fingerprint density at radius 3 is 2.27 bits per heavy atom. The van der Waals surface area contributed by atoms with E-state index in [4.69, 9.17) is 5.41 Å². The molecule has 11 heavy (non-hydrogen) atoms. The zero-order valence-electron chi connectivity index (χ0n) is 8.15. The third-order valence-corrected chi connectivity index (χ3v) is 1.55. The van der Waals surface area contributed by atoms with E-state index in [0.29, 0.717) is 11.8 Å². The zero-order chi connectivity index (χ0) is 8.85. The van der Waals surface area contributed by atoms with E-state index in [1.807, 2.05) is 6.92 Å². The maximum atomic E-state index is 7.47. The summed E-state index contributed by atoms with van der Waals surface area (Å²) < 4.78 is 0. The first kappa shape index (κ1) is 10.5. The molecule has 0 aliphatic heterocycles. The summed E-state index contributed by atoms with van der Waals surface area (Å²) in [7, 11) is 0. The van der Waals surface area contributed by atoms with E-state index >= 15 is 0 Å². The molecular weight excluding hydrogens is 136 g/mol. The lowest BCUT2D eigenvalue weighted by Crippen LogP contribution is -2.32. The Bertz CT molecular complexity index is 119. The first-order valence-electron chi connectivity index (χ1n) is 4.38. The Kier molecular flexibility index (Phi) is 4.92. The van der Waals surface area contributed by atoms with Crippen LogP contribution < -0.4 is 0 Å². The van der Waals surface area contributed by atoms with Crippen LogP contribution in [0.4, 0.5) is 0 Å². The number of hydrogen-bond donors (Lipinski definition) is 1. The second-order valence-corrected chi connectivity index (χ2v) is 3.43. The van der Waals surface area contributed by atoms with Gasteiger partial charge in [-0.2, -0.15) is 0 Å². The molecule has 2 nitrogen and oxygen atoms in total. The summed E-state index contributed by atoms with van der Waals surface area (Å²) in [5.74, 6) is 1.35. The number of nitrogens with zero attached hydrogens (tertiary/aromatic N) is 1. The van der Waals surface area contributed by atoms with Crippen LogP contribution >= 0.6 is 0 Å². The normalized spacial score (nSPS) is 10.3. The van der Waals surface area contributed by atoms with Gasteiger partial charge in [0.15, 0.2) is 0 Å². The van der Waals surface area contributed by atoms with Gasteiger partial charge in [-0.25, -0.2) is 0 Å². The van der Waals surface area contributed by atoms with E-state index < -0.39 is 0 Å². The Morgan fingerprint density at radius 2 is 2.00 bits per heavy atom. The molecule has 0 bridgehead atoms. The van der Waals surface area contributed by atoms with Gasteiger partial charge in [-0.3, -0.25) is 5.41 Å². The Morgan fingerprint density at radius 1 is 1.45 bits per heavy atom. The molecule has 0 amide bonds. The molecular formula is C9H20N2. The molecule has 0 heterocycles. The van der Waals surface area contributed by atoms with E-state index in [1.54, 1.807) is 0 Å². The molecule has 66 valence electrons. The summed E-state index contributed by atoms with van der Waals surface area (Å²) in [6, 6.07) is 0. The second-order valence-electron chi connectivity index (χ2n) is 3.43. The SMILES string of the molecule is CCCN(CC(C)C)C(C)=N. The van der Waals surface area contributed by atoms with Gasteiger partial charge in [0.05, 0.1) is 5.84 Å². The lowest BCUT2D eigenvalue weighted by molar-refractivity contribution is 0.361. The molecule has 0 aromatic rings. The molecule has 0 radical (unpaired) electrons. The number of amidine groups is 1. The van der Waals surface area contributed by atoms with E-state index in [-0.39, 0.29) is 0 Å². The van der Waals surface area contributed by atoms with Gasteiger partial charge in [0.1, 0.15) is 0 Å². The van der Waals surface area contributed by atoms with E-state index in [2.05, 4.69) is 25.7 Å². The van der Waals surface area contributed by atoms with Gasteiger partial charge in [0.2, 0.25) is 0 Å². The van der Waals surface area contributed by atoms with Crippen molar-refractivity contribution in [1.82, 2.24) is 4.90 Å². The molecule has 0 aromatic carbocycles. The molecule has 2 heteroatoms. The van der Waals surface area contributed by atoms with Crippen molar-refractivity contribution in [2.24, 2.45) is 5.92 Å². The highest BCUT2D eigenvalue weighted by Crippen LogP contribution is 1.99. The maximum absolute atomic E-state index is 7.47. The topological polar surface area (TPSA) is 27.1 Å². The molecule has 0 unspecified atom stereocenters. The summed E-state index contributed by atoms with van der Waals surface area (Å²) in [6.07, 6.45) is 1.13. The van der Waals surface area contributed by atoms with Gasteiger partial charge < -0.3 is 4.90 Å². The van der Waals surface area contributed by atoms with Gasteiger partial charge in [0, 0.05) is 13.1 Å². The largest absolute Gasteiger partial charge is 0.361 e. The predicted octanol–water partition coefficient (Wildman–Crippen LogP) is 2.35. The van der Waals surface area contributed by atoms with Crippen LogP contribution in [0.15, 0.2) is 0 Å². The Balaban J connectivity index is 3.79. The monoisotopic (exact) mass is 156 g/mol. The van der Waals surface area contributed by atoms with Crippen LogP contribution in [0, 0.1) is 11.3 Å². The van der Waals surface area contributed by atoms with Crippen molar-refractivity contribution in [2.45, 2.75) is 34.1 Å². The molecule has 0 aliphatic rings. The van der Waals surface area contributed by atoms with Gasteiger partial charge in [0.25, 0.3) is 0 Å². The highest BCUT2D eigenvalue weighted by molar-refractivity contribution is 5.76. The summed E-state index contributed by atoms with van der Waals surface area (Å²) in [5.41, 5.74) is 0. The smallest absolute Gasteiger partial charge is 0.0925 e. The second kappa shape index (κ2) is 5.16. The van der Waals surface area contributed by atoms with Crippen LogP contribution in [0.25, 0.3) is 0 Å². The van der Waals surface area contributed by atoms with Crippen molar-refractivity contribution in [3.05, 3.63) is 0 Å². The lowest BCUT2D eigenvalue weighted by atomic mass is 10.2. The van der Waals surface area contributed by atoms with Crippen molar-refractivity contribution >= 4 is 5.84 Å². The van der Waals surface area contributed by atoms with E-state index in [1.165, 1.54) is 0 Å². The number of rotatable bonds is 4. The van der Waals surface area contributed by atoms with Gasteiger partial charge in [-0.1, -0.05) is 20.8 Å². The third kappa shape index (κ3) is 4.82. The van der Waals surface area contributed by atoms with Crippen molar-refractivity contribution in [3.8, 4) is 0 Å². The molecule has 0 atom stereocenters. The summed E-state index contributed by atoms with van der Waals surface area (Å²) in [4.78, 5) is 2.13.